The zero-order valence-electron chi connectivity index (χ0n) is 16.1. The summed E-state index contributed by atoms with van der Waals surface area (Å²) in [6.45, 7) is 8.98. The summed E-state index contributed by atoms with van der Waals surface area (Å²) in [5.74, 6) is -0.240. The van der Waals surface area contributed by atoms with E-state index in [1.165, 1.54) is 27.9 Å². The molecule has 0 aliphatic carbocycles. The number of ether oxygens (including phenoxy) is 1. The average Bonchev–Trinajstić information content (AvgIpc) is 3.12. The van der Waals surface area contributed by atoms with E-state index in [0.717, 1.165) is 24.6 Å². The van der Waals surface area contributed by atoms with Gasteiger partial charge in [-0.15, -0.1) is 0 Å². The second-order valence-corrected chi connectivity index (χ2v) is 7.50. The zero-order chi connectivity index (χ0) is 18.5. The molecule has 0 radical (unpaired) electrons. The number of hydrogen-bond donors (Lipinski definition) is 0. The van der Waals surface area contributed by atoms with Crippen molar-refractivity contribution >= 4 is 28.1 Å². The van der Waals surface area contributed by atoms with Gasteiger partial charge in [0.15, 0.2) is 5.54 Å². The summed E-state index contributed by atoms with van der Waals surface area (Å²) in [5.41, 5.74) is 5.95. The van der Waals surface area contributed by atoms with Gasteiger partial charge >= 0.3 is 5.97 Å². The third-order valence-corrected chi connectivity index (χ3v) is 5.79. The van der Waals surface area contributed by atoms with Gasteiger partial charge in [0, 0.05) is 36.8 Å². The lowest BCUT2D eigenvalue weighted by Gasteiger charge is -2.21. The van der Waals surface area contributed by atoms with Gasteiger partial charge in [0.25, 0.3) is 0 Å². The van der Waals surface area contributed by atoms with E-state index >= 15 is 0 Å². The maximum atomic E-state index is 12.4. The molecule has 0 N–H and O–H groups in total. The van der Waals surface area contributed by atoms with E-state index in [-0.39, 0.29) is 11.5 Å². The molecule has 0 saturated carbocycles. The Morgan fingerprint density at radius 3 is 2.77 bits per heavy atom. The second kappa shape index (κ2) is 6.08. The molecule has 2 heterocycles. The number of rotatable bonds is 4. The van der Waals surface area contributed by atoms with Crippen LogP contribution in [0.1, 0.15) is 62.9 Å². The highest BCUT2D eigenvalue weighted by molar-refractivity contribution is 6.24. The molecule has 0 amide bonds. The first kappa shape index (κ1) is 17.0. The average molecular weight is 348 g/mol. The van der Waals surface area contributed by atoms with Crippen LogP contribution in [0.4, 0.5) is 5.69 Å². The van der Waals surface area contributed by atoms with E-state index in [4.69, 9.17) is 4.74 Å². The van der Waals surface area contributed by atoms with Gasteiger partial charge in [0.1, 0.15) is 0 Å². The van der Waals surface area contributed by atoms with Crippen LogP contribution < -0.4 is 0 Å². The third kappa shape index (κ3) is 2.19. The van der Waals surface area contributed by atoms with Crippen LogP contribution >= 0.6 is 0 Å². The highest BCUT2D eigenvalue weighted by atomic mass is 16.5. The summed E-state index contributed by atoms with van der Waals surface area (Å²) in [5, 5.41) is 2.18. The fourth-order valence-electron chi connectivity index (χ4n) is 4.83. The molecule has 2 aliphatic heterocycles. The quantitative estimate of drug-likeness (QED) is 0.549. The number of carbonyl (C=O) groups is 1. The molecule has 0 spiro atoms. The minimum Gasteiger partial charge on any atom is -0.462 e. The Hall–Kier alpha value is -2.42. The maximum Gasteiger partial charge on any atom is 0.338 e. The number of allylic oxidation sites excluding steroid dienone is 1. The first-order valence-corrected chi connectivity index (χ1v) is 9.61. The van der Waals surface area contributed by atoms with E-state index in [2.05, 4.69) is 49.6 Å². The van der Waals surface area contributed by atoms with Crippen molar-refractivity contribution in [3.8, 4) is 0 Å². The van der Waals surface area contributed by atoms with Crippen LogP contribution in [0.25, 0.3) is 10.8 Å². The van der Waals surface area contributed by atoms with Crippen LogP contribution in [-0.4, -0.2) is 28.4 Å². The summed E-state index contributed by atoms with van der Waals surface area (Å²) < 4.78 is 7.81. The monoisotopic (exact) mass is 348 g/mol. The van der Waals surface area contributed by atoms with Gasteiger partial charge < -0.3 is 4.74 Å². The van der Waals surface area contributed by atoms with Crippen LogP contribution in [0, 0.1) is 0 Å². The Bertz CT molecular complexity index is 983. The Balaban J connectivity index is 2.00. The Kier molecular flexibility index (Phi) is 3.98. The Morgan fingerprint density at radius 1 is 1.27 bits per heavy atom. The van der Waals surface area contributed by atoms with Crippen molar-refractivity contribution in [3.63, 3.8) is 0 Å². The van der Waals surface area contributed by atoms with Crippen molar-refractivity contribution < 1.29 is 14.1 Å². The van der Waals surface area contributed by atoms with Crippen molar-refractivity contribution in [1.82, 2.24) is 0 Å². The van der Waals surface area contributed by atoms with Gasteiger partial charge in [-0.3, -0.25) is 0 Å². The van der Waals surface area contributed by atoms with E-state index in [0.29, 0.717) is 12.2 Å². The number of esters is 1. The van der Waals surface area contributed by atoms with Crippen molar-refractivity contribution in [3.05, 3.63) is 53.1 Å². The lowest BCUT2D eigenvalue weighted by atomic mass is 9.87. The van der Waals surface area contributed by atoms with Gasteiger partial charge in [-0.2, -0.15) is 4.58 Å². The van der Waals surface area contributed by atoms with Gasteiger partial charge in [-0.05, 0) is 32.4 Å². The largest absolute Gasteiger partial charge is 0.462 e. The summed E-state index contributed by atoms with van der Waals surface area (Å²) >= 11 is 0. The summed E-state index contributed by atoms with van der Waals surface area (Å²) in [6, 6.07) is 10.3. The van der Waals surface area contributed by atoms with Crippen molar-refractivity contribution in [2.45, 2.75) is 52.5 Å². The molecule has 4 rings (SSSR count). The number of nitrogens with zero attached hydrogens (tertiary/aromatic N) is 1. The molecule has 1 unspecified atom stereocenters. The number of hydrogen-bond acceptors (Lipinski definition) is 2. The van der Waals surface area contributed by atoms with Crippen molar-refractivity contribution in [2.75, 3.05) is 6.61 Å². The minimum absolute atomic E-state index is 0.0866. The fraction of sp³-hybridized carbons (Fsp3) is 0.391. The van der Waals surface area contributed by atoms with Gasteiger partial charge in [-0.25, -0.2) is 4.79 Å². The van der Waals surface area contributed by atoms with E-state index in [9.17, 15) is 4.79 Å². The predicted molar refractivity (Wildman–Crippen MR) is 106 cm³/mol. The predicted octanol–water partition coefficient (Wildman–Crippen LogP) is 5.37. The third-order valence-electron chi connectivity index (χ3n) is 5.79. The molecule has 26 heavy (non-hydrogen) atoms. The van der Waals surface area contributed by atoms with Gasteiger partial charge in [0.05, 0.1) is 23.1 Å². The molecule has 3 heteroatoms. The van der Waals surface area contributed by atoms with Crippen LogP contribution in [0.3, 0.4) is 0 Å². The summed E-state index contributed by atoms with van der Waals surface area (Å²) in [7, 11) is 0. The molecule has 0 saturated heterocycles. The lowest BCUT2D eigenvalue weighted by molar-refractivity contribution is -0.518. The van der Waals surface area contributed by atoms with Crippen molar-refractivity contribution in [2.24, 2.45) is 0 Å². The van der Waals surface area contributed by atoms with Crippen LogP contribution in [-0.2, 0) is 4.74 Å². The highest BCUT2D eigenvalue weighted by Gasteiger charge is 2.52. The van der Waals surface area contributed by atoms with Crippen molar-refractivity contribution in [1.29, 1.82) is 0 Å². The molecule has 2 aromatic rings. The highest BCUT2D eigenvalue weighted by Crippen LogP contribution is 2.48. The van der Waals surface area contributed by atoms with Gasteiger partial charge in [-0.1, -0.05) is 25.1 Å². The number of benzene rings is 2. The molecule has 1 atom stereocenters. The first-order valence-electron chi connectivity index (χ1n) is 9.61. The molecule has 134 valence electrons. The summed E-state index contributed by atoms with van der Waals surface area (Å²) in [4.78, 5) is 12.4. The van der Waals surface area contributed by atoms with E-state index in [1.54, 1.807) is 0 Å². The minimum atomic E-state index is -0.240. The molecule has 0 bridgehead atoms. The standard InChI is InChI=1S/C23H26NO2/c1-5-13-23(4)14-15(6-2)21-18-10-8-9-16-17(22(25)26-7-3)11-12-19(20(16)18)24(21)23/h6,8-12H,5,7,13-14H2,1-4H3/q+1. The Morgan fingerprint density at radius 2 is 2.08 bits per heavy atom. The SMILES string of the molecule is CC=C1CC(C)(CCC)[N+]2=C1c1cccc3c(C(=O)OCC)ccc2c13. The topological polar surface area (TPSA) is 29.3 Å². The number of fused-ring (bicyclic) bond motifs is 2. The smallest absolute Gasteiger partial charge is 0.338 e. The maximum absolute atomic E-state index is 12.4. The zero-order valence-corrected chi connectivity index (χ0v) is 16.1. The lowest BCUT2D eigenvalue weighted by Crippen LogP contribution is -2.32. The molecule has 0 aromatic heterocycles. The van der Waals surface area contributed by atoms with Crippen LogP contribution in [0.2, 0.25) is 0 Å². The first-order chi connectivity index (χ1) is 12.6. The molecule has 2 aliphatic rings. The second-order valence-electron chi connectivity index (χ2n) is 7.50. The molecule has 2 aromatic carbocycles. The van der Waals surface area contributed by atoms with E-state index < -0.39 is 0 Å². The number of carbonyl (C=O) groups excluding carboxylic acids is 1. The molecule has 0 fully saturated rings. The summed E-state index contributed by atoms with van der Waals surface area (Å²) in [6.07, 6.45) is 5.61. The van der Waals surface area contributed by atoms with E-state index in [1.807, 2.05) is 19.1 Å². The molecular weight excluding hydrogens is 322 g/mol. The van der Waals surface area contributed by atoms with Crippen LogP contribution in [0.15, 0.2) is 42.0 Å². The Labute approximate surface area is 155 Å². The van der Waals surface area contributed by atoms with Gasteiger partial charge in [0.2, 0.25) is 11.4 Å². The molecule has 3 nitrogen and oxygen atoms in total. The molecular formula is C23H26NO2+. The van der Waals surface area contributed by atoms with Crippen LogP contribution in [0.5, 0.6) is 0 Å². The normalized spacial score (nSPS) is 22.4. The fourth-order valence-corrected chi connectivity index (χ4v) is 4.83.